The summed E-state index contributed by atoms with van der Waals surface area (Å²) in [6.45, 7) is 3.59. The molecule has 0 spiro atoms. The Balaban J connectivity index is 2.41. The second-order valence-electron chi connectivity index (χ2n) is 5.52. The number of Topliss-reactive ketones (excluding diaryl/α,β-unsaturated/α-hetero) is 1. The predicted octanol–water partition coefficient (Wildman–Crippen LogP) is 2.73. The third-order valence-electron chi connectivity index (χ3n) is 3.62. The molecule has 6 nitrogen and oxygen atoms in total. The molecule has 0 amide bonds. The van der Waals surface area contributed by atoms with Crippen LogP contribution in [-0.4, -0.2) is 33.1 Å². The maximum absolute atomic E-state index is 13.1. The van der Waals surface area contributed by atoms with E-state index in [0.717, 1.165) is 17.5 Å². The second-order valence-corrected chi connectivity index (χ2v) is 6.62. The van der Waals surface area contributed by atoms with Crippen LogP contribution in [0, 0.1) is 12.7 Å². The maximum Gasteiger partial charge on any atom is 0.285 e. The van der Waals surface area contributed by atoms with Crippen molar-refractivity contribution < 1.29 is 14.4 Å². The molecule has 8 heteroatoms. The SMILES string of the molecule is CC(=O)c1nn(-c2ccc(F)cc2)c(=O)c(SCCCCNO)c1C. The number of unbranched alkanes of at least 4 members (excludes halogenated alkanes) is 1. The van der Waals surface area contributed by atoms with Gasteiger partial charge in [-0.15, -0.1) is 11.8 Å². The number of hydrogen-bond donors (Lipinski definition) is 2. The first-order valence-electron chi connectivity index (χ1n) is 7.86. The van der Waals surface area contributed by atoms with Crippen molar-refractivity contribution in [3.8, 4) is 5.69 Å². The Hall–Kier alpha value is -2.03. The molecule has 1 aromatic carbocycles. The van der Waals surface area contributed by atoms with Crippen LogP contribution < -0.4 is 11.0 Å². The highest BCUT2D eigenvalue weighted by molar-refractivity contribution is 7.99. The molecule has 0 bridgehead atoms. The first kappa shape index (κ1) is 19.3. The first-order chi connectivity index (χ1) is 12.0. The lowest BCUT2D eigenvalue weighted by Crippen LogP contribution is -2.27. The molecule has 1 aromatic heterocycles. The Morgan fingerprint density at radius 3 is 2.60 bits per heavy atom. The number of hydrogen-bond acceptors (Lipinski definition) is 6. The van der Waals surface area contributed by atoms with E-state index in [1.165, 1.54) is 43.0 Å². The van der Waals surface area contributed by atoms with E-state index in [0.29, 0.717) is 28.4 Å². The van der Waals surface area contributed by atoms with E-state index in [1.54, 1.807) is 6.92 Å². The molecular formula is C17H20FN3O3S. The molecule has 2 aromatic rings. The summed E-state index contributed by atoms with van der Waals surface area (Å²) in [6.07, 6.45) is 1.56. The van der Waals surface area contributed by atoms with Crippen LogP contribution in [0.2, 0.25) is 0 Å². The van der Waals surface area contributed by atoms with E-state index in [1.807, 2.05) is 0 Å². The number of aromatic nitrogens is 2. The van der Waals surface area contributed by atoms with Crippen molar-refractivity contribution in [3.05, 3.63) is 51.7 Å². The van der Waals surface area contributed by atoms with Crippen LogP contribution in [0.4, 0.5) is 4.39 Å². The number of nitrogens with zero attached hydrogens (tertiary/aromatic N) is 2. The Labute approximate surface area is 149 Å². The zero-order valence-electron chi connectivity index (χ0n) is 14.1. The van der Waals surface area contributed by atoms with Crippen molar-refractivity contribution in [2.24, 2.45) is 0 Å². The van der Waals surface area contributed by atoms with Crippen molar-refractivity contribution in [1.82, 2.24) is 15.3 Å². The van der Waals surface area contributed by atoms with Crippen LogP contribution in [0.3, 0.4) is 0 Å². The van der Waals surface area contributed by atoms with E-state index in [-0.39, 0.29) is 17.0 Å². The zero-order chi connectivity index (χ0) is 18.4. The van der Waals surface area contributed by atoms with Gasteiger partial charge in [-0.2, -0.15) is 9.78 Å². The first-order valence-corrected chi connectivity index (χ1v) is 8.84. The van der Waals surface area contributed by atoms with Crippen LogP contribution in [0.5, 0.6) is 0 Å². The summed E-state index contributed by atoms with van der Waals surface area (Å²) in [5.41, 5.74) is 2.94. The van der Waals surface area contributed by atoms with Gasteiger partial charge in [0.2, 0.25) is 0 Å². The van der Waals surface area contributed by atoms with Gasteiger partial charge in [0.05, 0.1) is 10.6 Å². The fourth-order valence-electron chi connectivity index (χ4n) is 2.33. The lowest BCUT2D eigenvalue weighted by molar-refractivity contribution is 0.101. The number of hydroxylamine groups is 1. The molecule has 0 aliphatic rings. The van der Waals surface area contributed by atoms with Gasteiger partial charge in [0.15, 0.2) is 5.78 Å². The van der Waals surface area contributed by atoms with Crippen molar-refractivity contribution in [2.45, 2.75) is 31.6 Å². The minimum Gasteiger partial charge on any atom is -0.317 e. The topological polar surface area (TPSA) is 84.2 Å². The lowest BCUT2D eigenvalue weighted by Gasteiger charge is -2.13. The number of nitrogens with one attached hydrogen (secondary N) is 1. The summed E-state index contributed by atoms with van der Waals surface area (Å²) in [6, 6.07) is 5.38. The average Bonchev–Trinajstić information content (AvgIpc) is 2.58. The fraction of sp³-hybridized carbons (Fsp3) is 0.353. The Kier molecular flexibility index (Phi) is 6.86. The van der Waals surface area contributed by atoms with E-state index >= 15 is 0 Å². The van der Waals surface area contributed by atoms with E-state index in [9.17, 15) is 14.0 Å². The highest BCUT2D eigenvalue weighted by Crippen LogP contribution is 2.22. The van der Waals surface area contributed by atoms with Crippen LogP contribution >= 0.6 is 11.8 Å². The van der Waals surface area contributed by atoms with E-state index in [2.05, 4.69) is 10.6 Å². The van der Waals surface area contributed by atoms with Gasteiger partial charge in [0.1, 0.15) is 11.5 Å². The maximum atomic E-state index is 13.1. The Morgan fingerprint density at radius 1 is 1.32 bits per heavy atom. The van der Waals surface area contributed by atoms with Gasteiger partial charge in [0, 0.05) is 13.5 Å². The van der Waals surface area contributed by atoms with Gasteiger partial charge in [-0.1, -0.05) is 0 Å². The summed E-state index contributed by atoms with van der Waals surface area (Å²) in [5.74, 6) is 0.0187. The van der Waals surface area contributed by atoms with Gasteiger partial charge in [0.25, 0.3) is 5.56 Å². The van der Waals surface area contributed by atoms with Crippen molar-refractivity contribution in [3.63, 3.8) is 0 Å². The number of rotatable bonds is 8. The smallest absolute Gasteiger partial charge is 0.285 e. The molecule has 0 fully saturated rings. The third kappa shape index (κ3) is 4.75. The predicted molar refractivity (Wildman–Crippen MR) is 94.3 cm³/mol. The molecule has 25 heavy (non-hydrogen) atoms. The van der Waals surface area contributed by atoms with E-state index in [4.69, 9.17) is 5.21 Å². The van der Waals surface area contributed by atoms with Crippen LogP contribution in [0.25, 0.3) is 5.69 Å². The second kappa shape index (κ2) is 8.89. The molecule has 0 aliphatic carbocycles. The summed E-state index contributed by atoms with van der Waals surface area (Å²) >= 11 is 1.36. The summed E-state index contributed by atoms with van der Waals surface area (Å²) in [4.78, 5) is 25.2. The van der Waals surface area contributed by atoms with Crippen molar-refractivity contribution in [2.75, 3.05) is 12.3 Å². The number of thioether (sulfide) groups is 1. The quantitative estimate of drug-likeness (QED) is 0.324. The normalized spacial score (nSPS) is 10.9. The fourth-order valence-corrected chi connectivity index (χ4v) is 3.40. The van der Waals surface area contributed by atoms with Gasteiger partial charge in [-0.3, -0.25) is 9.59 Å². The van der Waals surface area contributed by atoms with Gasteiger partial charge >= 0.3 is 0 Å². The number of halogens is 1. The molecular weight excluding hydrogens is 345 g/mol. The molecule has 0 unspecified atom stereocenters. The summed E-state index contributed by atoms with van der Waals surface area (Å²) < 4.78 is 14.3. The summed E-state index contributed by atoms with van der Waals surface area (Å²) in [7, 11) is 0. The number of carbonyl (C=O) groups excluding carboxylic acids is 1. The molecule has 2 rings (SSSR count). The molecule has 1 heterocycles. The molecule has 0 aliphatic heterocycles. The Morgan fingerprint density at radius 2 is 2.00 bits per heavy atom. The van der Waals surface area contributed by atoms with E-state index < -0.39 is 5.82 Å². The highest BCUT2D eigenvalue weighted by Gasteiger charge is 2.18. The molecule has 0 radical (unpaired) electrons. The average molecular weight is 365 g/mol. The van der Waals surface area contributed by atoms with Crippen LogP contribution in [0.15, 0.2) is 34.0 Å². The largest absolute Gasteiger partial charge is 0.317 e. The number of ketones is 1. The number of carbonyl (C=O) groups is 1. The minimum absolute atomic E-state index is 0.225. The standard InChI is InChI=1S/C17H20FN3O3S/c1-11-15(12(2)22)20-21(14-7-5-13(18)6-8-14)17(23)16(11)25-10-4-3-9-19-24/h5-8,19,24H,3-4,9-10H2,1-2H3. The molecule has 0 saturated carbocycles. The minimum atomic E-state index is -0.414. The number of benzene rings is 1. The van der Waals surface area contributed by atoms with Gasteiger partial charge in [-0.05, 0) is 55.3 Å². The zero-order valence-corrected chi connectivity index (χ0v) is 14.9. The Bertz CT molecular complexity index is 806. The van der Waals surface area contributed by atoms with Gasteiger partial charge < -0.3 is 5.21 Å². The summed E-state index contributed by atoms with van der Waals surface area (Å²) in [5, 5.41) is 12.7. The van der Waals surface area contributed by atoms with Crippen LogP contribution in [0.1, 0.15) is 35.8 Å². The lowest BCUT2D eigenvalue weighted by atomic mass is 10.2. The molecule has 2 N–H and O–H groups in total. The molecule has 0 atom stereocenters. The third-order valence-corrected chi connectivity index (χ3v) is 4.88. The molecule has 134 valence electrons. The van der Waals surface area contributed by atoms with Gasteiger partial charge in [-0.25, -0.2) is 9.87 Å². The monoisotopic (exact) mass is 365 g/mol. The molecule has 0 saturated heterocycles. The highest BCUT2D eigenvalue weighted by atomic mass is 32.2. The van der Waals surface area contributed by atoms with Crippen LogP contribution in [-0.2, 0) is 0 Å². The van der Waals surface area contributed by atoms with Crippen molar-refractivity contribution in [1.29, 1.82) is 0 Å². The van der Waals surface area contributed by atoms with Crippen molar-refractivity contribution >= 4 is 17.5 Å².